The van der Waals surface area contributed by atoms with Gasteiger partial charge < -0.3 is 0 Å². The highest BCUT2D eigenvalue weighted by Gasteiger charge is 2.33. The Kier molecular flexibility index (Phi) is 2.89. The van der Waals surface area contributed by atoms with Gasteiger partial charge in [-0.25, -0.2) is 18.1 Å². The number of rotatable bonds is 4. The first-order valence-corrected chi connectivity index (χ1v) is 8.36. The van der Waals surface area contributed by atoms with E-state index < -0.39 is 10.0 Å². The van der Waals surface area contributed by atoms with E-state index in [0.29, 0.717) is 10.9 Å². The van der Waals surface area contributed by atoms with E-state index >= 15 is 0 Å². The number of thiazole rings is 1. The van der Waals surface area contributed by atoms with E-state index in [9.17, 15) is 8.42 Å². The molecule has 8 heteroatoms. The van der Waals surface area contributed by atoms with Gasteiger partial charge in [0.1, 0.15) is 0 Å². The maximum Gasteiger partial charge on any atom is 0.260 e. The molecule has 1 aliphatic rings. The minimum Gasteiger partial charge on any atom is -0.279 e. The van der Waals surface area contributed by atoms with Gasteiger partial charge in [0.25, 0.3) is 10.0 Å². The molecule has 1 aliphatic carbocycles. The van der Waals surface area contributed by atoms with Crippen LogP contribution in [0.2, 0.25) is 5.15 Å². The summed E-state index contributed by atoms with van der Waals surface area (Å²) in [6.07, 6.45) is 3.82. The first kappa shape index (κ1) is 12.4. The molecule has 0 saturated heterocycles. The van der Waals surface area contributed by atoms with E-state index in [1.807, 2.05) is 6.92 Å². The molecule has 98 valence electrons. The van der Waals surface area contributed by atoms with Gasteiger partial charge >= 0.3 is 0 Å². The van der Waals surface area contributed by atoms with Crippen LogP contribution in [0.25, 0.3) is 4.96 Å². The number of sulfonamides is 1. The molecule has 18 heavy (non-hydrogen) atoms. The van der Waals surface area contributed by atoms with Gasteiger partial charge in [-0.1, -0.05) is 11.6 Å². The average molecular weight is 306 g/mol. The average Bonchev–Trinajstić information content (AvgIpc) is 2.94. The molecule has 1 atom stereocenters. The second-order valence-corrected chi connectivity index (χ2v) is 7.37. The highest BCUT2D eigenvalue weighted by atomic mass is 35.5. The van der Waals surface area contributed by atoms with Crippen molar-refractivity contribution in [1.29, 1.82) is 0 Å². The molecular formula is C10H12ClN3O2S2. The third-order valence-corrected chi connectivity index (χ3v) is 5.82. The van der Waals surface area contributed by atoms with Gasteiger partial charge in [0.05, 0.1) is 0 Å². The second kappa shape index (κ2) is 4.19. The Morgan fingerprint density at radius 3 is 3.00 bits per heavy atom. The lowest BCUT2D eigenvalue weighted by Gasteiger charge is -2.12. The lowest BCUT2D eigenvalue weighted by molar-refractivity contribution is 0.534. The quantitative estimate of drug-likeness (QED) is 0.941. The van der Waals surface area contributed by atoms with Crippen molar-refractivity contribution in [2.45, 2.75) is 30.8 Å². The molecule has 1 fully saturated rings. The topological polar surface area (TPSA) is 63.5 Å². The van der Waals surface area contributed by atoms with Crippen LogP contribution in [-0.4, -0.2) is 23.8 Å². The minimum atomic E-state index is -3.62. The summed E-state index contributed by atoms with van der Waals surface area (Å²) in [5.74, 6) is 0.449. The fourth-order valence-corrected chi connectivity index (χ4v) is 4.74. The number of fused-ring (bicyclic) bond motifs is 1. The molecule has 0 amide bonds. The molecule has 1 saturated carbocycles. The van der Waals surface area contributed by atoms with Crippen LogP contribution >= 0.6 is 22.9 Å². The standard InChI is InChI=1S/C10H12ClN3O2S2/c1-6(7-2-3-7)13-18(15,16)9-8(11)12-10-14(9)4-5-17-10/h4-7,13H,2-3H2,1H3. The summed E-state index contributed by atoms with van der Waals surface area (Å²) in [4.78, 5) is 4.62. The van der Waals surface area contributed by atoms with Crippen molar-refractivity contribution in [1.82, 2.24) is 14.1 Å². The van der Waals surface area contributed by atoms with Crippen molar-refractivity contribution < 1.29 is 8.42 Å². The molecule has 5 nitrogen and oxygen atoms in total. The zero-order valence-electron chi connectivity index (χ0n) is 9.63. The molecule has 2 heterocycles. The Morgan fingerprint density at radius 2 is 2.33 bits per heavy atom. The minimum absolute atomic E-state index is 0.0253. The fourth-order valence-electron chi connectivity index (χ4n) is 1.97. The van der Waals surface area contributed by atoms with Crippen LogP contribution in [0.5, 0.6) is 0 Å². The third kappa shape index (κ3) is 2.05. The predicted octanol–water partition coefficient (Wildman–Crippen LogP) is 2.13. The number of nitrogens with zero attached hydrogens (tertiary/aromatic N) is 2. The highest BCUT2D eigenvalue weighted by molar-refractivity contribution is 7.89. The van der Waals surface area contributed by atoms with E-state index in [0.717, 1.165) is 12.8 Å². The molecule has 1 unspecified atom stereocenters. The van der Waals surface area contributed by atoms with E-state index in [2.05, 4.69) is 9.71 Å². The first-order chi connectivity index (χ1) is 8.49. The molecule has 0 aromatic carbocycles. The Hall–Kier alpha value is -0.630. The molecule has 0 radical (unpaired) electrons. The molecule has 0 aliphatic heterocycles. The summed E-state index contributed by atoms with van der Waals surface area (Å²) in [5, 5.41) is 1.84. The van der Waals surface area contributed by atoms with Crippen molar-refractivity contribution >= 4 is 37.9 Å². The first-order valence-electron chi connectivity index (χ1n) is 5.62. The Bertz CT molecular complexity index is 687. The monoisotopic (exact) mass is 305 g/mol. The fraction of sp³-hybridized carbons (Fsp3) is 0.500. The van der Waals surface area contributed by atoms with Gasteiger partial charge in [-0.05, 0) is 25.7 Å². The number of hydrogen-bond acceptors (Lipinski definition) is 4. The largest absolute Gasteiger partial charge is 0.279 e. The smallest absolute Gasteiger partial charge is 0.260 e. The number of imidazole rings is 1. The number of hydrogen-bond donors (Lipinski definition) is 1. The van der Waals surface area contributed by atoms with Gasteiger partial charge in [-0.2, -0.15) is 0 Å². The van der Waals surface area contributed by atoms with Gasteiger partial charge in [0.15, 0.2) is 15.1 Å². The van der Waals surface area contributed by atoms with Gasteiger partial charge in [-0.15, -0.1) is 11.3 Å². The summed E-state index contributed by atoms with van der Waals surface area (Å²) in [6, 6.07) is -0.0600. The van der Waals surface area contributed by atoms with E-state index in [1.54, 1.807) is 11.6 Å². The van der Waals surface area contributed by atoms with Gasteiger partial charge in [0.2, 0.25) is 0 Å². The summed E-state index contributed by atoms with van der Waals surface area (Å²) >= 11 is 7.28. The predicted molar refractivity (Wildman–Crippen MR) is 70.6 cm³/mol. The SMILES string of the molecule is CC(NS(=O)(=O)c1c(Cl)nc2sccn12)C1CC1. The van der Waals surface area contributed by atoms with E-state index in [1.165, 1.54) is 15.7 Å². The van der Waals surface area contributed by atoms with Crippen molar-refractivity contribution in [3.05, 3.63) is 16.7 Å². The Labute approximate surface area is 114 Å². The van der Waals surface area contributed by atoms with E-state index in [4.69, 9.17) is 11.6 Å². The van der Waals surface area contributed by atoms with Crippen molar-refractivity contribution in [3.8, 4) is 0 Å². The van der Waals surface area contributed by atoms with E-state index in [-0.39, 0.29) is 16.2 Å². The van der Waals surface area contributed by atoms with Crippen LogP contribution in [0.4, 0.5) is 0 Å². The zero-order valence-corrected chi connectivity index (χ0v) is 12.0. The molecule has 2 aromatic rings. The lowest BCUT2D eigenvalue weighted by Crippen LogP contribution is -2.34. The van der Waals surface area contributed by atoms with Crippen LogP contribution in [0, 0.1) is 5.92 Å². The van der Waals surface area contributed by atoms with Crippen LogP contribution in [0.15, 0.2) is 16.6 Å². The van der Waals surface area contributed by atoms with Crippen LogP contribution in [0.1, 0.15) is 19.8 Å². The van der Waals surface area contributed by atoms with Gasteiger partial charge in [0, 0.05) is 17.6 Å². The molecule has 0 bridgehead atoms. The maximum absolute atomic E-state index is 12.3. The normalized spacial score (nSPS) is 18.3. The maximum atomic E-state index is 12.3. The molecule has 0 spiro atoms. The zero-order chi connectivity index (χ0) is 12.9. The molecule has 2 aromatic heterocycles. The molecular weight excluding hydrogens is 294 g/mol. The highest BCUT2D eigenvalue weighted by Crippen LogP contribution is 2.33. The third-order valence-electron chi connectivity index (χ3n) is 3.10. The molecule has 1 N–H and O–H groups in total. The van der Waals surface area contributed by atoms with Crippen molar-refractivity contribution in [3.63, 3.8) is 0 Å². The summed E-state index contributed by atoms with van der Waals surface area (Å²) in [6.45, 7) is 1.88. The van der Waals surface area contributed by atoms with Crippen LogP contribution < -0.4 is 4.72 Å². The second-order valence-electron chi connectivity index (χ2n) is 4.51. The summed E-state index contributed by atoms with van der Waals surface area (Å²) < 4.78 is 28.8. The summed E-state index contributed by atoms with van der Waals surface area (Å²) in [7, 11) is -3.62. The van der Waals surface area contributed by atoms with Gasteiger partial charge in [-0.3, -0.25) is 4.40 Å². The van der Waals surface area contributed by atoms with Crippen LogP contribution in [0.3, 0.4) is 0 Å². The van der Waals surface area contributed by atoms with Crippen LogP contribution in [-0.2, 0) is 10.0 Å². The summed E-state index contributed by atoms with van der Waals surface area (Å²) in [5.41, 5.74) is 0. The lowest BCUT2D eigenvalue weighted by atomic mass is 10.2. The van der Waals surface area contributed by atoms with Crippen molar-refractivity contribution in [2.75, 3.05) is 0 Å². The number of nitrogens with one attached hydrogen (secondary N) is 1. The Morgan fingerprint density at radius 1 is 1.61 bits per heavy atom. The van der Waals surface area contributed by atoms with Crippen molar-refractivity contribution in [2.24, 2.45) is 5.92 Å². The number of halogens is 1. The molecule has 3 rings (SSSR count). The Balaban J connectivity index is 2.01. The number of aromatic nitrogens is 2.